The zero-order valence-electron chi connectivity index (χ0n) is 13.6. The highest BCUT2D eigenvalue weighted by Crippen LogP contribution is 2.13. The summed E-state index contributed by atoms with van der Waals surface area (Å²) in [5.74, 6) is -0.416. The molecule has 2 rings (SSSR count). The van der Waals surface area contributed by atoms with Gasteiger partial charge in [0.1, 0.15) is 11.9 Å². The maximum absolute atomic E-state index is 13.2. The first-order valence-electron chi connectivity index (χ1n) is 7.55. The van der Waals surface area contributed by atoms with Gasteiger partial charge in [0.05, 0.1) is 4.90 Å². The summed E-state index contributed by atoms with van der Waals surface area (Å²) in [6, 6.07) is 12.3. The second kappa shape index (κ2) is 8.98. The van der Waals surface area contributed by atoms with Crippen LogP contribution in [-0.4, -0.2) is 32.4 Å². The smallest absolute Gasteiger partial charge is 0.242 e. The number of anilines is 1. The van der Waals surface area contributed by atoms with E-state index in [1.165, 1.54) is 48.2 Å². The normalized spacial score (nSPS) is 12.6. The average Bonchev–Trinajstić information content (AvgIpc) is 2.59. The van der Waals surface area contributed by atoms with Crippen LogP contribution in [0, 0.1) is 5.82 Å². The first-order valence-corrected chi connectivity index (χ1v) is 10.4. The lowest BCUT2D eigenvalue weighted by Gasteiger charge is -2.18. The third-order valence-corrected chi connectivity index (χ3v) is 5.50. The third kappa shape index (κ3) is 5.84. The molecular weight excluding hydrogens is 363 g/mol. The average molecular weight is 382 g/mol. The predicted octanol–water partition coefficient (Wildman–Crippen LogP) is 2.86. The van der Waals surface area contributed by atoms with Crippen molar-refractivity contribution >= 4 is 33.4 Å². The number of hydrogen-bond donors (Lipinski definition) is 2. The largest absolute Gasteiger partial charge is 0.325 e. The predicted molar refractivity (Wildman–Crippen MR) is 98.6 cm³/mol. The lowest BCUT2D eigenvalue weighted by atomic mass is 10.2. The van der Waals surface area contributed by atoms with Crippen molar-refractivity contribution in [3.63, 3.8) is 0 Å². The van der Waals surface area contributed by atoms with Crippen LogP contribution in [0.3, 0.4) is 0 Å². The molecule has 0 bridgehead atoms. The first-order chi connectivity index (χ1) is 11.9. The standard InChI is InChI=1S/C17H19FN2O3S2/c1-24-11-10-16(17(21)19-14-7-5-6-13(18)12-14)20-25(22,23)15-8-3-2-4-9-15/h2-9,12,16,20H,10-11H2,1H3,(H,19,21)/t16-/m0/s1. The topological polar surface area (TPSA) is 75.3 Å². The SMILES string of the molecule is CSCC[C@H](NS(=O)(=O)c1ccccc1)C(=O)Nc1cccc(F)c1. The van der Waals surface area contributed by atoms with Gasteiger partial charge in [0, 0.05) is 5.69 Å². The van der Waals surface area contributed by atoms with E-state index >= 15 is 0 Å². The van der Waals surface area contributed by atoms with Crippen LogP contribution < -0.4 is 10.0 Å². The molecule has 0 saturated carbocycles. The van der Waals surface area contributed by atoms with Crippen molar-refractivity contribution in [1.29, 1.82) is 0 Å². The number of thioether (sulfide) groups is 1. The molecule has 25 heavy (non-hydrogen) atoms. The van der Waals surface area contributed by atoms with Gasteiger partial charge in [-0.1, -0.05) is 24.3 Å². The van der Waals surface area contributed by atoms with Crippen LogP contribution in [0.4, 0.5) is 10.1 Å². The van der Waals surface area contributed by atoms with Crippen molar-refractivity contribution in [2.75, 3.05) is 17.3 Å². The molecule has 0 unspecified atom stereocenters. The summed E-state index contributed by atoms with van der Waals surface area (Å²) in [4.78, 5) is 12.6. The van der Waals surface area contributed by atoms with Gasteiger partial charge in [-0.2, -0.15) is 16.5 Å². The van der Waals surface area contributed by atoms with Crippen molar-refractivity contribution < 1.29 is 17.6 Å². The lowest BCUT2D eigenvalue weighted by Crippen LogP contribution is -2.44. The molecule has 1 atom stereocenters. The fourth-order valence-electron chi connectivity index (χ4n) is 2.13. The van der Waals surface area contributed by atoms with Crippen molar-refractivity contribution in [1.82, 2.24) is 4.72 Å². The fraction of sp³-hybridized carbons (Fsp3) is 0.235. The van der Waals surface area contributed by atoms with E-state index in [4.69, 9.17) is 0 Å². The Morgan fingerprint density at radius 2 is 1.88 bits per heavy atom. The maximum atomic E-state index is 13.2. The zero-order chi connectivity index (χ0) is 18.3. The Labute approximate surface area is 151 Å². The molecule has 0 saturated heterocycles. The van der Waals surface area contributed by atoms with Gasteiger partial charge in [-0.05, 0) is 48.8 Å². The van der Waals surface area contributed by atoms with Crippen LogP contribution in [0.1, 0.15) is 6.42 Å². The minimum Gasteiger partial charge on any atom is -0.325 e. The number of nitrogens with one attached hydrogen (secondary N) is 2. The third-order valence-electron chi connectivity index (χ3n) is 3.37. The summed E-state index contributed by atoms with van der Waals surface area (Å²) in [5, 5.41) is 2.55. The van der Waals surface area contributed by atoms with Crippen molar-refractivity contribution in [3.05, 3.63) is 60.4 Å². The molecule has 0 radical (unpaired) electrons. The van der Waals surface area contributed by atoms with Gasteiger partial charge in [0.25, 0.3) is 0 Å². The summed E-state index contributed by atoms with van der Waals surface area (Å²) in [5.41, 5.74) is 0.276. The highest BCUT2D eigenvalue weighted by Gasteiger charge is 2.25. The van der Waals surface area contributed by atoms with E-state index in [0.717, 1.165) is 0 Å². The lowest BCUT2D eigenvalue weighted by molar-refractivity contribution is -0.117. The molecule has 2 aromatic rings. The van der Waals surface area contributed by atoms with Gasteiger partial charge in [-0.15, -0.1) is 0 Å². The van der Waals surface area contributed by atoms with Gasteiger partial charge in [-0.25, -0.2) is 12.8 Å². The summed E-state index contributed by atoms with van der Waals surface area (Å²) in [6.45, 7) is 0. The van der Waals surface area contributed by atoms with Crippen LogP contribution in [0.5, 0.6) is 0 Å². The molecule has 2 aromatic carbocycles. The molecule has 0 aliphatic carbocycles. The summed E-state index contributed by atoms with van der Waals surface area (Å²) >= 11 is 1.50. The molecule has 134 valence electrons. The number of carbonyl (C=O) groups is 1. The van der Waals surface area contributed by atoms with E-state index < -0.39 is 27.8 Å². The molecule has 0 aromatic heterocycles. The monoisotopic (exact) mass is 382 g/mol. The number of sulfonamides is 1. The van der Waals surface area contributed by atoms with E-state index in [9.17, 15) is 17.6 Å². The Hall–Kier alpha value is -1.90. The second-order valence-corrected chi connectivity index (χ2v) is 7.97. The maximum Gasteiger partial charge on any atom is 0.242 e. The van der Waals surface area contributed by atoms with Gasteiger partial charge >= 0.3 is 0 Å². The van der Waals surface area contributed by atoms with E-state index in [2.05, 4.69) is 10.0 Å². The zero-order valence-corrected chi connectivity index (χ0v) is 15.2. The molecule has 0 aliphatic rings. The van der Waals surface area contributed by atoms with E-state index in [1.807, 2.05) is 6.26 Å². The number of carbonyl (C=O) groups excluding carboxylic acids is 1. The molecule has 0 fully saturated rings. The summed E-state index contributed by atoms with van der Waals surface area (Å²) < 4.78 is 40.6. The van der Waals surface area contributed by atoms with Crippen LogP contribution >= 0.6 is 11.8 Å². The highest BCUT2D eigenvalue weighted by atomic mass is 32.2. The van der Waals surface area contributed by atoms with E-state index in [1.54, 1.807) is 18.2 Å². The second-order valence-electron chi connectivity index (χ2n) is 5.27. The summed E-state index contributed by atoms with van der Waals surface area (Å²) in [7, 11) is -3.83. The van der Waals surface area contributed by atoms with Crippen LogP contribution in [0.25, 0.3) is 0 Å². The molecular formula is C17H19FN2O3S2. The summed E-state index contributed by atoms with van der Waals surface area (Å²) in [6.07, 6.45) is 2.18. The Balaban J connectivity index is 2.16. The molecule has 1 amide bonds. The van der Waals surface area contributed by atoms with E-state index in [-0.39, 0.29) is 10.6 Å². The molecule has 8 heteroatoms. The van der Waals surface area contributed by atoms with Crippen molar-refractivity contribution in [3.8, 4) is 0 Å². The number of benzene rings is 2. The minimum atomic E-state index is -3.83. The molecule has 2 N–H and O–H groups in total. The highest BCUT2D eigenvalue weighted by molar-refractivity contribution is 7.98. The van der Waals surface area contributed by atoms with Gasteiger partial charge in [0.2, 0.25) is 15.9 Å². The minimum absolute atomic E-state index is 0.0858. The van der Waals surface area contributed by atoms with Gasteiger partial charge in [0.15, 0.2) is 0 Å². The van der Waals surface area contributed by atoms with Gasteiger partial charge in [-0.3, -0.25) is 4.79 Å². The van der Waals surface area contributed by atoms with Crippen LogP contribution in [0.2, 0.25) is 0 Å². The molecule has 5 nitrogen and oxygen atoms in total. The Bertz CT molecular complexity index is 814. The van der Waals surface area contributed by atoms with Crippen LogP contribution in [0.15, 0.2) is 59.5 Å². The first kappa shape index (κ1) is 19.4. The van der Waals surface area contributed by atoms with Crippen molar-refractivity contribution in [2.45, 2.75) is 17.4 Å². The Morgan fingerprint density at radius 1 is 1.16 bits per heavy atom. The fourth-order valence-corrected chi connectivity index (χ4v) is 3.85. The number of rotatable bonds is 8. The van der Waals surface area contributed by atoms with Crippen LogP contribution in [-0.2, 0) is 14.8 Å². The molecule has 0 spiro atoms. The van der Waals surface area contributed by atoms with Crippen molar-refractivity contribution in [2.24, 2.45) is 0 Å². The quantitative estimate of drug-likeness (QED) is 0.736. The van der Waals surface area contributed by atoms with E-state index in [0.29, 0.717) is 12.2 Å². The Kier molecular flexibility index (Phi) is 6.98. The number of hydrogen-bond acceptors (Lipinski definition) is 4. The van der Waals surface area contributed by atoms with Gasteiger partial charge < -0.3 is 5.32 Å². The molecule has 0 heterocycles. The molecule has 0 aliphatic heterocycles. The Morgan fingerprint density at radius 3 is 2.52 bits per heavy atom. The number of amides is 1. The number of halogens is 1.